The first kappa shape index (κ1) is 12.1. The van der Waals surface area contributed by atoms with Gasteiger partial charge in [0.2, 0.25) is 0 Å². The van der Waals surface area contributed by atoms with Crippen molar-refractivity contribution < 1.29 is 0 Å². The molecule has 1 aliphatic carbocycles. The number of nitrogens with zero attached hydrogens (tertiary/aromatic N) is 1. The highest BCUT2D eigenvalue weighted by Gasteiger charge is 2.22. The van der Waals surface area contributed by atoms with Gasteiger partial charge in [0.25, 0.3) is 0 Å². The van der Waals surface area contributed by atoms with E-state index in [1.54, 1.807) is 11.3 Å². The third-order valence-corrected chi connectivity index (χ3v) is 3.84. The molecule has 1 aromatic heterocycles. The minimum absolute atomic E-state index is 1.01. The second kappa shape index (κ2) is 6.38. The van der Waals surface area contributed by atoms with Crippen molar-refractivity contribution in [3.63, 3.8) is 0 Å². The molecule has 2 rings (SSSR count). The maximum Gasteiger partial charge on any atom is 0.0104 e. The summed E-state index contributed by atoms with van der Waals surface area (Å²) in [5.74, 6) is 1.01. The summed E-state index contributed by atoms with van der Waals surface area (Å²) in [6.07, 6.45) is 4.07. The van der Waals surface area contributed by atoms with E-state index in [0.717, 1.165) is 25.4 Å². The van der Waals surface area contributed by atoms with Crippen LogP contribution in [0.3, 0.4) is 0 Å². The molecule has 16 heavy (non-hydrogen) atoms. The highest BCUT2D eigenvalue weighted by Crippen LogP contribution is 2.29. The van der Waals surface area contributed by atoms with Crippen molar-refractivity contribution in [2.24, 2.45) is 5.92 Å². The Morgan fingerprint density at radius 3 is 3.00 bits per heavy atom. The lowest BCUT2D eigenvalue weighted by Gasteiger charge is -2.16. The number of likely N-dealkylation sites (N-methyl/N-ethyl adjacent to an activating group) is 1. The number of thiophene rings is 1. The molecule has 0 aliphatic heterocycles. The van der Waals surface area contributed by atoms with Gasteiger partial charge in [0, 0.05) is 19.6 Å². The summed E-state index contributed by atoms with van der Waals surface area (Å²) in [6, 6.07) is 2.21. The van der Waals surface area contributed by atoms with Crippen LogP contribution in [0.15, 0.2) is 16.8 Å². The standard InChI is InChI=1S/C13H22N2S/c1-15(10-12-2-3-12)8-7-14-6-4-13-5-9-16-11-13/h5,9,11-12,14H,2-4,6-8,10H2,1H3. The summed E-state index contributed by atoms with van der Waals surface area (Å²) < 4.78 is 0. The Morgan fingerprint density at radius 2 is 2.31 bits per heavy atom. The minimum Gasteiger partial charge on any atom is -0.315 e. The quantitative estimate of drug-likeness (QED) is 0.699. The van der Waals surface area contributed by atoms with Gasteiger partial charge in [-0.1, -0.05) is 0 Å². The molecule has 0 spiro atoms. The van der Waals surface area contributed by atoms with E-state index >= 15 is 0 Å². The van der Waals surface area contributed by atoms with E-state index in [0.29, 0.717) is 0 Å². The van der Waals surface area contributed by atoms with E-state index < -0.39 is 0 Å². The van der Waals surface area contributed by atoms with E-state index in [1.807, 2.05) is 0 Å². The van der Waals surface area contributed by atoms with E-state index in [2.05, 4.69) is 34.1 Å². The number of hydrogen-bond donors (Lipinski definition) is 1. The van der Waals surface area contributed by atoms with Crippen LogP contribution in [0.4, 0.5) is 0 Å². The lowest BCUT2D eigenvalue weighted by atomic mass is 10.2. The molecule has 3 heteroatoms. The van der Waals surface area contributed by atoms with Crippen LogP contribution in [0.25, 0.3) is 0 Å². The monoisotopic (exact) mass is 238 g/mol. The summed E-state index contributed by atoms with van der Waals surface area (Å²) in [5.41, 5.74) is 1.46. The molecule has 2 nitrogen and oxygen atoms in total. The smallest absolute Gasteiger partial charge is 0.0104 e. The fourth-order valence-corrected chi connectivity index (χ4v) is 2.60. The SMILES string of the molecule is CN(CCNCCc1ccsc1)CC1CC1. The van der Waals surface area contributed by atoms with Crippen molar-refractivity contribution in [2.75, 3.05) is 33.2 Å². The Balaban J connectivity index is 1.45. The molecule has 0 saturated heterocycles. The zero-order valence-electron chi connectivity index (χ0n) is 10.1. The van der Waals surface area contributed by atoms with Crippen LogP contribution in [0.5, 0.6) is 0 Å². The van der Waals surface area contributed by atoms with Crippen LogP contribution in [0.1, 0.15) is 18.4 Å². The van der Waals surface area contributed by atoms with Crippen molar-refractivity contribution in [2.45, 2.75) is 19.3 Å². The van der Waals surface area contributed by atoms with Gasteiger partial charge in [-0.2, -0.15) is 11.3 Å². The van der Waals surface area contributed by atoms with Gasteiger partial charge >= 0.3 is 0 Å². The van der Waals surface area contributed by atoms with Crippen molar-refractivity contribution in [3.05, 3.63) is 22.4 Å². The molecule has 1 N–H and O–H groups in total. The van der Waals surface area contributed by atoms with Gasteiger partial charge < -0.3 is 10.2 Å². The van der Waals surface area contributed by atoms with Crippen LogP contribution in [-0.4, -0.2) is 38.1 Å². The molecule has 0 atom stereocenters. The normalized spacial score (nSPS) is 15.9. The van der Waals surface area contributed by atoms with E-state index in [-0.39, 0.29) is 0 Å². The van der Waals surface area contributed by atoms with Crippen molar-refractivity contribution in [1.82, 2.24) is 10.2 Å². The highest BCUT2D eigenvalue weighted by atomic mass is 32.1. The number of nitrogens with one attached hydrogen (secondary N) is 1. The van der Waals surface area contributed by atoms with Crippen LogP contribution in [0.2, 0.25) is 0 Å². The molecule has 0 amide bonds. The fourth-order valence-electron chi connectivity index (χ4n) is 1.90. The Labute approximate surface area is 103 Å². The molecule has 0 radical (unpaired) electrons. The Bertz CT molecular complexity index is 280. The van der Waals surface area contributed by atoms with Crippen molar-refractivity contribution >= 4 is 11.3 Å². The average molecular weight is 238 g/mol. The second-order valence-electron chi connectivity index (χ2n) is 4.84. The van der Waals surface area contributed by atoms with Gasteiger partial charge in [-0.3, -0.25) is 0 Å². The molecule has 1 saturated carbocycles. The van der Waals surface area contributed by atoms with Crippen LogP contribution in [0, 0.1) is 5.92 Å². The molecule has 1 aromatic rings. The van der Waals surface area contributed by atoms with Crippen LogP contribution < -0.4 is 5.32 Å². The molecule has 1 aliphatic rings. The largest absolute Gasteiger partial charge is 0.315 e. The average Bonchev–Trinajstić information content (AvgIpc) is 2.93. The maximum absolute atomic E-state index is 3.51. The van der Waals surface area contributed by atoms with Gasteiger partial charge in [-0.05, 0) is 61.2 Å². The Kier molecular flexibility index (Phi) is 4.82. The molecular formula is C13H22N2S. The van der Waals surface area contributed by atoms with E-state index in [9.17, 15) is 0 Å². The molecule has 0 aromatic carbocycles. The van der Waals surface area contributed by atoms with Gasteiger partial charge in [0.05, 0.1) is 0 Å². The summed E-state index contributed by atoms with van der Waals surface area (Å²) in [6.45, 7) is 4.70. The molecule has 1 fully saturated rings. The van der Waals surface area contributed by atoms with Crippen LogP contribution >= 0.6 is 11.3 Å². The molecule has 90 valence electrons. The number of rotatable bonds is 8. The van der Waals surface area contributed by atoms with Gasteiger partial charge in [0.1, 0.15) is 0 Å². The van der Waals surface area contributed by atoms with Crippen molar-refractivity contribution in [1.29, 1.82) is 0 Å². The first-order valence-corrected chi connectivity index (χ1v) is 7.19. The van der Waals surface area contributed by atoms with Crippen LogP contribution in [-0.2, 0) is 6.42 Å². The third-order valence-electron chi connectivity index (χ3n) is 3.11. The zero-order valence-corrected chi connectivity index (χ0v) is 10.9. The molecule has 0 bridgehead atoms. The van der Waals surface area contributed by atoms with E-state index in [1.165, 1.54) is 31.5 Å². The lowest BCUT2D eigenvalue weighted by Crippen LogP contribution is -2.31. The zero-order chi connectivity index (χ0) is 11.2. The Morgan fingerprint density at radius 1 is 1.44 bits per heavy atom. The maximum atomic E-state index is 3.51. The summed E-state index contributed by atoms with van der Waals surface area (Å²) >= 11 is 1.79. The lowest BCUT2D eigenvalue weighted by molar-refractivity contribution is 0.319. The topological polar surface area (TPSA) is 15.3 Å². The van der Waals surface area contributed by atoms with Gasteiger partial charge in [0.15, 0.2) is 0 Å². The van der Waals surface area contributed by atoms with Crippen molar-refractivity contribution in [3.8, 4) is 0 Å². The summed E-state index contributed by atoms with van der Waals surface area (Å²) in [5, 5.41) is 7.90. The molecule has 1 heterocycles. The van der Waals surface area contributed by atoms with E-state index in [4.69, 9.17) is 0 Å². The first-order chi connectivity index (χ1) is 7.84. The minimum atomic E-state index is 1.01. The molecular weight excluding hydrogens is 216 g/mol. The first-order valence-electron chi connectivity index (χ1n) is 6.25. The summed E-state index contributed by atoms with van der Waals surface area (Å²) in [4.78, 5) is 2.45. The summed E-state index contributed by atoms with van der Waals surface area (Å²) in [7, 11) is 2.23. The number of hydrogen-bond acceptors (Lipinski definition) is 3. The highest BCUT2D eigenvalue weighted by molar-refractivity contribution is 7.07. The van der Waals surface area contributed by atoms with Gasteiger partial charge in [-0.15, -0.1) is 0 Å². The predicted molar refractivity (Wildman–Crippen MR) is 71.1 cm³/mol. The Hall–Kier alpha value is -0.380. The second-order valence-corrected chi connectivity index (χ2v) is 5.62. The molecule has 0 unspecified atom stereocenters. The fraction of sp³-hybridized carbons (Fsp3) is 0.692. The third kappa shape index (κ3) is 4.64. The predicted octanol–water partition coefficient (Wildman–Crippen LogP) is 2.22. The van der Waals surface area contributed by atoms with Gasteiger partial charge in [-0.25, -0.2) is 0 Å².